The number of tetrazole rings is 1. The zero-order valence-electron chi connectivity index (χ0n) is 19.1. The molecule has 0 aliphatic heterocycles. The first-order valence-electron chi connectivity index (χ1n) is 11.3. The van der Waals surface area contributed by atoms with E-state index in [2.05, 4.69) is 30.7 Å². The third-order valence-corrected chi connectivity index (χ3v) is 6.68. The largest absolute Gasteiger partial charge is 0.618 e. The lowest BCUT2D eigenvalue weighted by atomic mass is 10.0. The Kier molecular flexibility index (Phi) is 5.44. The molecule has 0 saturated heterocycles. The first kappa shape index (κ1) is 22.3. The summed E-state index contributed by atoms with van der Waals surface area (Å²) < 4.78 is 20.7. The second-order valence-electron chi connectivity index (χ2n) is 8.79. The second kappa shape index (κ2) is 8.79. The summed E-state index contributed by atoms with van der Waals surface area (Å²) in [6.07, 6.45) is 10.8. The lowest BCUT2D eigenvalue weighted by Crippen LogP contribution is -2.35. The van der Waals surface area contributed by atoms with E-state index in [4.69, 9.17) is 11.6 Å². The van der Waals surface area contributed by atoms with Gasteiger partial charge >= 0.3 is 0 Å². The second-order valence-corrected chi connectivity index (χ2v) is 9.20. The fourth-order valence-electron chi connectivity index (χ4n) is 4.39. The molecule has 6 rings (SSSR count). The molecule has 1 aromatic carbocycles. The standard InChI is InChI=1S/C23H20ClFN10O/c1-32-23(26-12-29-32)16-9-28-33(10-16)20(8-14-2-3-14)18-6-4-15(11-35(18)36)21-19(34-13-27-30-31-34)7-5-17(24)22(21)25/h4-7,9-14,20H,2-3,8H2,1H3. The van der Waals surface area contributed by atoms with Gasteiger partial charge in [0.05, 0.1) is 33.6 Å². The smallest absolute Gasteiger partial charge is 0.217 e. The summed E-state index contributed by atoms with van der Waals surface area (Å²) >= 11 is 6.07. The fraction of sp³-hybridized carbons (Fsp3) is 0.261. The summed E-state index contributed by atoms with van der Waals surface area (Å²) in [6.45, 7) is 0. The quantitative estimate of drug-likeness (QED) is 0.246. The van der Waals surface area contributed by atoms with Crippen LogP contribution in [0.4, 0.5) is 4.39 Å². The topological polar surface area (TPSA) is 119 Å². The molecule has 0 spiro atoms. The minimum Gasteiger partial charge on any atom is -0.618 e. The molecule has 1 aliphatic rings. The molecular formula is C23H20ClFN10O. The van der Waals surface area contributed by atoms with Crippen LogP contribution in [0.15, 0.2) is 55.5 Å². The highest BCUT2D eigenvalue weighted by molar-refractivity contribution is 6.31. The van der Waals surface area contributed by atoms with E-state index in [1.807, 2.05) is 13.2 Å². The molecule has 182 valence electrons. The van der Waals surface area contributed by atoms with Crippen molar-refractivity contribution in [3.05, 3.63) is 77.3 Å². The van der Waals surface area contributed by atoms with Crippen LogP contribution < -0.4 is 4.73 Å². The van der Waals surface area contributed by atoms with Crippen LogP contribution in [0.5, 0.6) is 0 Å². The van der Waals surface area contributed by atoms with E-state index in [1.165, 1.54) is 29.6 Å². The number of hydrogen-bond acceptors (Lipinski definition) is 7. The highest BCUT2D eigenvalue weighted by Crippen LogP contribution is 2.39. The van der Waals surface area contributed by atoms with Gasteiger partial charge < -0.3 is 5.21 Å². The SMILES string of the molecule is Cn1ncnc1-c1cnn(C(CC2CC2)c2ccc(-c3c(-n4cnnn4)ccc(Cl)c3F)c[n+]2[O-])c1. The number of hydrogen-bond donors (Lipinski definition) is 0. The molecule has 0 amide bonds. The van der Waals surface area contributed by atoms with Gasteiger partial charge in [0.1, 0.15) is 18.7 Å². The van der Waals surface area contributed by atoms with Crippen LogP contribution in [0.2, 0.25) is 5.02 Å². The monoisotopic (exact) mass is 506 g/mol. The Morgan fingerprint density at radius 2 is 2.06 bits per heavy atom. The summed E-state index contributed by atoms with van der Waals surface area (Å²) in [6, 6.07) is 6.15. The van der Waals surface area contributed by atoms with Crippen molar-refractivity contribution < 1.29 is 9.12 Å². The molecule has 1 saturated carbocycles. The number of aryl methyl sites for hydroxylation is 1. The third kappa shape index (κ3) is 3.98. The Labute approximate surface area is 209 Å². The van der Waals surface area contributed by atoms with Crippen LogP contribution in [-0.2, 0) is 7.05 Å². The number of benzene rings is 1. The molecule has 11 nitrogen and oxygen atoms in total. The van der Waals surface area contributed by atoms with Crippen LogP contribution in [0.25, 0.3) is 28.2 Å². The van der Waals surface area contributed by atoms with Crippen molar-refractivity contribution >= 4 is 11.6 Å². The molecule has 4 aromatic heterocycles. The van der Waals surface area contributed by atoms with Gasteiger partial charge in [0, 0.05) is 19.3 Å². The van der Waals surface area contributed by atoms with Crippen molar-refractivity contribution in [2.75, 3.05) is 0 Å². The normalized spacial score (nSPS) is 14.3. The predicted molar refractivity (Wildman–Crippen MR) is 126 cm³/mol. The molecule has 1 fully saturated rings. The van der Waals surface area contributed by atoms with Crippen molar-refractivity contribution in [2.24, 2.45) is 13.0 Å². The van der Waals surface area contributed by atoms with Crippen LogP contribution in [0, 0.1) is 16.9 Å². The summed E-state index contributed by atoms with van der Waals surface area (Å²) in [4.78, 5) is 4.28. The van der Waals surface area contributed by atoms with E-state index in [1.54, 1.807) is 33.8 Å². The van der Waals surface area contributed by atoms with E-state index < -0.39 is 5.82 Å². The maximum atomic E-state index is 15.2. The lowest BCUT2D eigenvalue weighted by Gasteiger charge is -2.18. The van der Waals surface area contributed by atoms with Crippen LogP contribution in [-0.4, -0.2) is 44.8 Å². The van der Waals surface area contributed by atoms with Gasteiger partial charge in [-0.05, 0) is 41.0 Å². The summed E-state index contributed by atoms with van der Waals surface area (Å²) in [5.41, 5.74) is 2.16. The number of nitrogens with zero attached hydrogens (tertiary/aromatic N) is 10. The average Bonchev–Trinajstić information content (AvgIpc) is 3.24. The number of aromatic nitrogens is 10. The van der Waals surface area contributed by atoms with E-state index >= 15 is 4.39 Å². The number of pyridine rings is 1. The van der Waals surface area contributed by atoms with Crippen LogP contribution in [0.3, 0.4) is 0 Å². The lowest BCUT2D eigenvalue weighted by molar-refractivity contribution is -0.615. The Morgan fingerprint density at radius 3 is 2.75 bits per heavy atom. The van der Waals surface area contributed by atoms with E-state index in [-0.39, 0.29) is 16.6 Å². The van der Waals surface area contributed by atoms with Gasteiger partial charge in [0.2, 0.25) is 5.69 Å². The zero-order valence-corrected chi connectivity index (χ0v) is 19.9. The van der Waals surface area contributed by atoms with Crippen molar-refractivity contribution in [1.82, 2.24) is 44.8 Å². The molecule has 13 heteroatoms. The Balaban J connectivity index is 1.41. The minimum atomic E-state index is -0.660. The zero-order chi connectivity index (χ0) is 24.8. The van der Waals surface area contributed by atoms with Crippen molar-refractivity contribution in [1.29, 1.82) is 0 Å². The Bertz CT molecular complexity index is 1540. The molecule has 36 heavy (non-hydrogen) atoms. The molecule has 4 heterocycles. The van der Waals surface area contributed by atoms with Crippen molar-refractivity contribution in [3.8, 4) is 28.2 Å². The maximum absolute atomic E-state index is 15.2. The third-order valence-electron chi connectivity index (χ3n) is 6.39. The van der Waals surface area contributed by atoms with Crippen molar-refractivity contribution in [2.45, 2.75) is 25.3 Å². The number of rotatable bonds is 7. The van der Waals surface area contributed by atoms with Crippen LogP contribution in [0.1, 0.15) is 31.0 Å². The molecule has 0 N–H and O–H groups in total. The van der Waals surface area contributed by atoms with Gasteiger partial charge in [-0.3, -0.25) is 4.68 Å². The highest BCUT2D eigenvalue weighted by Gasteiger charge is 2.32. The van der Waals surface area contributed by atoms with E-state index in [0.29, 0.717) is 28.7 Å². The minimum absolute atomic E-state index is 0.0668. The molecule has 1 aliphatic carbocycles. The first-order chi connectivity index (χ1) is 17.5. The first-order valence-corrected chi connectivity index (χ1v) is 11.7. The van der Waals surface area contributed by atoms with E-state index in [9.17, 15) is 5.21 Å². The molecule has 1 unspecified atom stereocenters. The summed E-state index contributed by atoms with van der Waals surface area (Å²) in [7, 11) is 1.81. The molecule has 0 bridgehead atoms. The maximum Gasteiger partial charge on any atom is 0.217 e. The van der Waals surface area contributed by atoms with Gasteiger partial charge in [-0.15, -0.1) is 5.10 Å². The predicted octanol–water partition coefficient (Wildman–Crippen LogP) is 3.14. The van der Waals surface area contributed by atoms with E-state index in [0.717, 1.165) is 29.6 Å². The Morgan fingerprint density at radius 1 is 1.19 bits per heavy atom. The highest BCUT2D eigenvalue weighted by atomic mass is 35.5. The molecular weight excluding hydrogens is 487 g/mol. The van der Waals surface area contributed by atoms with Gasteiger partial charge in [0.25, 0.3) is 0 Å². The van der Waals surface area contributed by atoms with Gasteiger partial charge in [-0.2, -0.15) is 19.6 Å². The molecule has 5 aromatic rings. The summed E-state index contributed by atoms with van der Waals surface area (Å²) in [5, 5.41) is 33.1. The Hall–Kier alpha value is -4.19. The fourth-order valence-corrected chi connectivity index (χ4v) is 4.55. The van der Waals surface area contributed by atoms with Gasteiger partial charge in [0.15, 0.2) is 17.8 Å². The van der Waals surface area contributed by atoms with Gasteiger partial charge in [-0.25, -0.2) is 14.1 Å². The molecule has 1 atom stereocenters. The van der Waals surface area contributed by atoms with Crippen LogP contribution >= 0.6 is 11.6 Å². The average molecular weight is 507 g/mol. The summed E-state index contributed by atoms with van der Waals surface area (Å²) in [5.74, 6) is 0.546. The van der Waals surface area contributed by atoms with Crippen molar-refractivity contribution in [3.63, 3.8) is 0 Å². The number of halogens is 2. The molecule has 0 radical (unpaired) electrons. The van der Waals surface area contributed by atoms with Gasteiger partial charge in [-0.1, -0.05) is 24.4 Å².